The molecule has 0 radical (unpaired) electrons. The van der Waals surface area contributed by atoms with Crippen LogP contribution in [0.25, 0.3) is 11.3 Å². The van der Waals surface area contributed by atoms with E-state index >= 15 is 0 Å². The van der Waals surface area contributed by atoms with Gasteiger partial charge in [0.1, 0.15) is 11.5 Å². The van der Waals surface area contributed by atoms with Crippen LogP contribution in [0.15, 0.2) is 23.0 Å². The fraction of sp³-hybridized carbons (Fsp3) is 0.412. The number of rotatable bonds is 4. The molecule has 0 atom stereocenters. The SMILES string of the molecule is CNc1c(C)c(-c2ccc(F)c(C)c2)nn(CC(C)C)c1=O.Cl. The molecule has 1 aromatic carbocycles. The molecule has 2 aromatic rings. The van der Waals surface area contributed by atoms with Crippen molar-refractivity contribution in [3.8, 4) is 11.3 Å². The van der Waals surface area contributed by atoms with Crippen LogP contribution in [0.5, 0.6) is 0 Å². The molecular weight excluding hydrogens is 317 g/mol. The molecule has 0 saturated heterocycles. The van der Waals surface area contributed by atoms with Crippen LogP contribution in [0.1, 0.15) is 25.0 Å². The van der Waals surface area contributed by atoms with Crippen LogP contribution in [0.3, 0.4) is 0 Å². The van der Waals surface area contributed by atoms with E-state index in [4.69, 9.17) is 0 Å². The van der Waals surface area contributed by atoms with Crippen LogP contribution in [-0.2, 0) is 6.54 Å². The minimum Gasteiger partial charge on any atom is -0.383 e. The zero-order valence-electron chi connectivity index (χ0n) is 14.1. The van der Waals surface area contributed by atoms with Gasteiger partial charge in [-0.15, -0.1) is 12.4 Å². The van der Waals surface area contributed by atoms with E-state index in [1.807, 2.05) is 20.8 Å². The molecule has 126 valence electrons. The van der Waals surface area contributed by atoms with E-state index < -0.39 is 0 Å². The van der Waals surface area contributed by atoms with Gasteiger partial charge in [0, 0.05) is 24.7 Å². The lowest BCUT2D eigenvalue weighted by atomic mass is 10.0. The number of anilines is 1. The molecule has 0 aliphatic carbocycles. The summed E-state index contributed by atoms with van der Waals surface area (Å²) in [4.78, 5) is 12.4. The van der Waals surface area contributed by atoms with Crippen molar-refractivity contribution in [3.05, 3.63) is 45.5 Å². The number of aryl methyl sites for hydroxylation is 1. The summed E-state index contributed by atoms with van der Waals surface area (Å²) < 4.78 is 15.0. The van der Waals surface area contributed by atoms with Crippen molar-refractivity contribution in [2.24, 2.45) is 5.92 Å². The van der Waals surface area contributed by atoms with Crippen LogP contribution in [0, 0.1) is 25.6 Å². The number of nitrogens with zero attached hydrogens (tertiary/aromatic N) is 2. The maximum Gasteiger partial charge on any atom is 0.290 e. The minimum absolute atomic E-state index is 0. The predicted octanol–water partition coefficient (Wildman–Crippen LogP) is 3.79. The van der Waals surface area contributed by atoms with Crippen LogP contribution in [0.2, 0.25) is 0 Å². The van der Waals surface area contributed by atoms with E-state index in [-0.39, 0.29) is 23.8 Å². The van der Waals surface area contributed by atoms with Gasteiger partial charge in [-0.1, -0.05) is 13.8 Å². The van der Waals surface area contributed by atoms with Gasteiger partial charge < -0.3 is 5.32 Å². The standard InChI is InChI=1S/C17H22FN3O.ClH/c1-10(2)9-21-17(22)16(19-5)12(4)15(20-21)13-6-7-14(18)11(3)8-13;/h6-8,10,19H,9H2,1-5H3;1H. The Kier molecular flexibility index (Phi) is 6.33. The summed E-state index contributed by atoms with van der Waals surface area (Å²) in [5.41, 5.74) is 3.26. The average molecular weight is 340 g/mol. The highest BCUT2D eigenvalue weighted by Gasteiger charge is 2.16. The van der Waals surface area contributed by atoms with Gasteiger partial charge in [-0.2, -0.15) is 5.10 Å². The average Bonchev–Trinajstić information content (AvgIpc) is 2.45. The normalized spacial score (nSPS) is 10.6. The van der Waals surface area contributed by atoms with E-state index in [1.165, 1.54) is 10.7 Å². The Morgan fingerprint density at radius 3 is 2.48 bits per heavy atom. The third-order valence-corrected chi connectivity index (χ3v) is 3.62. The third-order valence-electron chi connectivity index (χ3n) is 3.62. The second-order valence-electron chi connectivity index (χ2n) is 5.94. The van der Waals surface area contributed by atoms with Crippen molar-refractivity contribution in [2.75, 3.05) is 12.4 Å². The fourth-order valence-corrected chi connectivity index (χ4v) is 2.48. The number of hydrogen-bond acceptors (Lipinski definition) is 3. The molecule has 0 bridgehead atoms. The maximum atomic E-state index is 13.5. The zero-order valence-corrected chi connectivity index (χ0v) is 14.9. The van der Waals surface area contributed by atoms with Gasteiger partial charge in [0.05, 0.1) is 5.69 Å². The lowest BCUT2D eigenvalue weighted by Crippen LogP contribution is -2.28. The Hall–Kier alpha value is -1.88. The van der Waals surface area contributed by atoms with Crippen LogP contribution in [-0.4, -0.2) is 16.8 Å². The summed E-state index contributed by atoms with van der Waals surface area (Å²) >= 11 is 0. The highest BCUT2D eigenvalue weighted by molar-refractivity contribution is 5.85. The molecule has 1 aromatic heterocycles. The topological polar surface area (TPSA) is 46.9 Å². The fourth-order valence-electron chi connectivity index (χ4n) is 2.48. The maximum absolute atomic E-state index is 13.5. The van der Waals surface area contributed by atoms with Crippen molar-refractivity contribution >= 4 is 18.1 Å². The van der Waals surface area contributed by atoms with Crippen LogP contribution in [0.4, 0.5) is 10.1 Å². The lowest BCUT2D eigenvalue weighted by Gasteiger charge is -2.16. The van der Waals surface area contributed by atoms with Crippen molar-refractivity contribution in [2.45, 2.75) is 34.2 Å². The van der Waals surface area contributed by atoms with Crippen molar-refractivity contribution < 1.29 is 4.39 Å². The number of nitrogens with one attached hydrogen (secondary N) is 1. The predicted molar refractivity (Wildman–Crippen MR) is 95.0 cm³/mol. The van der Waals surface area contributed by atoms with Crippen molar-refractivity contribution in [1.82, 2.24) is 9.78 Å². The number of halogens is 2. The first-order valence-electron chi connectivity index (χ1n) is 7.41. The summed E-state index contributed by atoms with van der Waals surface area (Å²) in [6, 6.07) is 4.89. The molecule has 0 saturated carbocycles. The summed E-state index contributed by atoms with van der Waals surface area (Å²) in [6.07, 6.45) is 0. The second-order valence-corrected chi connectivity index (χ2v) is 5.94. The summed E-state index contributed by atoms with van der Waals surface area (Å²) in [5, 5.41) is 7.47. The monoisotopic (exact) mass is 339 g/mol. The number of hydrogen-bond donors (Lipinski definition) is 1. The van der Waals surface area contributed by atoms with Crippen molar-refractivity contribution in [1.29, 1.82) is 0 Å². The molecule has 1 heterocycles. The largest absolute Gasteiger partial charge is 0.383 e. The Balaban J connectivity index is 0.00000264. The molecule has 0 aliphatic rings. The van der Waals surface area contributed by atoms with Gasteiger partial charge in [-0.05, 0) is 43.5 Å². The molecule has 4 nitrogen and oxygen atoms in total. The smallest absolute Gasteiger partial charge is 0.290 e. The van der Waals surface area contributed by atoms with Crippen LogP contribution < -0.4 is 10.9 Å². The molecule has 1 N–H and O–H groups in total. The highest BCUT2D eigenvalue weighted by Crippen LogP contribution is 2.25. The Morgan fingerprint density at radius 1 is 1.30 bits per heavy atom. The van der Waals surface area contributed by atoms with Gasteiger partial charge in [-0.25, -0.2) is 9.07 Å². The number of benzene rings is 1. The van der Waals surface area contributed by atoms with E-state index in [0.29, 0.717) is 29.4 Å². The molecule has 0 spiro atoms. The molecule has 23 heavy (non-hydrogen) atoms. The highest BCUT2D eigenvalue weighted by atomic mass is 35.5. The molecule has 0 fully saturated rings. The molecule has 0 unspecified atom stereocenters. The molecular formula is C17H23ClFN3O. The van der Waals surface area contributed by atoms with E-state index in [2.05, 4.69) is 10.4 Å². The van der Waals surface area contributed by atoms with Gasteiger partial charge in [-0.3, -0.25) is 4.79 Å². The first kappa shape index (κ1) is 19.2. The molecule has 6 heteroatoms. The van der Waals surface area contributed by atoms with Gasteiger partial charge in [0.15, 0.2) is 0 Å². The first-order valence-corrected chi connectivity index (χ1v) is 7.41. The summed E-state index contributed by atoms with van der Waals surface area (Å²) in [7, 11) is 1.73. The summed E-state index contributed by atoms with van der Waals surface area (Å²) in [5.74, 6) is 0.0613. The van der Waals surface area contributed by atoms with E-state index in [1.54, 1.807) is 26.1 Å². The Bertz CT molecular complexity index is 756. The summed E-state index contributed by atoms with van der Waals surface area (Å²) in [6.45, 7) is 8.19. The molecule has 0 aliphatic heterocycles. The molecule has 0 amide bonds. The van der Waals surface area contributed by atoms with Crippen LogP contribution >= 0.6 is 12.4 Å². The quantitative estimate of drug-likeness (QED) is 0.922. The Morgan fingerprint density at radius 2 is 1.96 bits per heavy atom. The van der Waals surface area contributed by atoms with E-state index in [9.17, 15) is 9.18 Å². The lowest BCUT2D eigenvalue weighted by molar-refractivity contribution is 0.465. The second kappa shape index (κ2) is 7.59. The van der Waals surface area contributed by atoms with Gasteiger partial charge >= 0.3 is 0 Å². The zero-order chi connectivity index (χ0) is 16.4. The van der Waals surface area contributed by atoms with Gasteiger partial charge in [0.2, 0.25) is 0 Å². The van der Waals surface area contributed by atoms with Crippen molar-refractivity contribution in [3.63, 3.8) is 0 Å². The third kappa shape index (κ3) is 3.91. The first-order chi connectivity index (χ1) is 10.3. The number of aromatic nitrogens is 2. The van der Waals surface area contributed by atoms with E-state index in [0.717, 1.165) is 11.1 Å². The van der Waals surface area contributed by atoms with Gasteiger partial charge in [0.25, 0.3) is 5.56 Å². The molecule has 2 rings (SSSR count). The Labute approximate surface area is 142 Å². The minimum atomic E-state index is -0.245.